The number of hydrogen-bond acceptors (Lipinski definition) is 7. The van der Waals surface area contributed by atoms with Gasteiger partial charge in [-0.1, -0.05) is 70.8 Å². The Kier molecular flexibility index (Phi) is 16.6. The fraction of sp³-hybridized carbons (Fsp3) is 0.818. The van der Waals surface area contributed by atoms with Crippen molar-refractivity contribution in [3.63, 3.8) is 0 Å². The molecule has 0 aliphatic rings. The Morgan fingerprint density at radius 1 is 0.931 bits per heavy atom. The van der Waals surface area contributed by atoms with E-state index in [1.165, 1.54) is 51.4 Å². The van der Waals surface area contributed by atoms with Crippen LogP contribution in [0, 0.1) is 0 Å². The molecule has 0 unspecified atom stereocenters. The van der Waals surface area contributed by atoms with E-state index < -0.39 is 36.9 Å². The van der Waals surface area contributed by atoms with Crippen molar-refractivity contribution in [3.8, 4) is 0 Å². The van der Waals surface area contributed by atoms with Crippen molar-refractivity contribution in [2.45, 2.75) is 103 Å². The highest BCUT2D eigenvalue weighted by atomic mass is 16.6. The SMILES string of the molecule is CCCCCCCCCCCC/C=C(\C)C(=O)O[C@H](CO)[C@@H](O)[C@H](O)C(=O)OC. The van der Waals surface area contributed by atoms with Gasteiger partial charge < -0.3 is 24.8 Å². The van der Waals surface area contributed by atoms with Gasteiger partial charge in [-0.2, -0.15) is 0 Å². The summed E-state index contributed by atoms with van der Waals surface area (Å²) < 4.78 is 9.33. The standard InChI is InChI=1S/C22H40O7/c1-4-5-6-7-8-9-10-11-12-13-14-15-17(2)21(26)29-18(16-23)19(24)20(25)22(27)28-3/h15,18-20,23-25H,4-14,16H2,1-3H3/b17-15+/t18-,19-,20+/m1/s1. The average molecular weight is 417 g/mol. The number of methoxy groups -OCH3 is 1. The monoisotopic (exact) mass is 416 g/mol. The second-order valence-electron chi connectivity index (χ2n) is 7.44. The predicted molar refractivity (Wildman–Crippen MR) is 111 cm³/mol. The van der Waals surface area contributed by atoms with Crippen LogP contribution >= 0.6 is 0 Å². The molecule has 0 aliphatic heterocycles. The lowest BCUT2D eigenvalue weighted by Crippen LogP contribution is -2.46. The Balaban J connectivity index is 4.09. The molecule has 0 spiro atoms. The van der Waals surface area contributed by atoms with Crippen molar-refractivity contribution < 1.29 is 34.4 Å². The number of aliphatic hydroxyl groups is 3. The average Bonchev–Trinajstić information content (AvgIpc) is 2.73. The number of allylic oxidation sites excluding steroid dienone is 1. The van der Waals surface area contributed by atoms with E-state index in [1.54, 1.807) is 13.0 Å². The van der Waals surface area contributed by atoms with Crippen molar-refractivity contribution in [2.24, 2.45) is 0 Å². The number of hydrogen-bond donors (Lipinski definition) is 3. The summed E-state index contributed by atoms with van der Waals surface area (Å²) in [5.41, 5.74) is 0.360. The van der Waals surface area contributed by atoms with Crippen molar-refractivity contribution in [2.75, 3.05) is 13.7 Å². The lowest BCUT2D eigenvalue weighted by molar-refractivity contribution is -0.173. The van der Waals surface area contributed by atoms with Crippen LogP contribution < -0.4 is 0 Å². The van der Waals surface area contributed by atoms with Gasteiger partial charge in [-0.05, 0) is 19.8 Å². The maximum Gasteiger partial charge on any atom is 0.337 e. The Hall–Kier alpha value is -1.44. The van der Waals surface area contributed by atoms with Crippen LogP contribution in [0.5, 0.6) is 0 Å². The third-order valence-electron chi connectivity index (χ3n) is 4.92. The number of rotatable bonds is 17. The normalized spacial score (nSPS) is 14.9. The first kappa shape index (κ1) is 27.6. The Bertz CT molecular complexity index is 476. The lowest BCUT2D eigenvalue weighted by atomic mass is 10.1. The molecule has 7 heteroatoms. The van der Waals surface area contributed by atoms with Gasteiger partial charge in [-0.25, -0.2) is 9.59 Å². The van der Waals surface area contributed by atoms with E-state index in [2.05, 4.69) is 11.7 Å². The second-order valence-corrected chi connectivity index (χ2v) is 7.44. The molecule has 0 fully saturated rings. The minimum atomic E-state index is -1.90. The van der Waals surface area contributed by atoms with Crippen LogP contribution in [0.3, 0.4) is 0 Å². The van der Waals surface area contributed by atoms with Crippen LogP contribution in [-0.2, 0) is 19.1 Å². The van der Waals surface area contributed by atoms with Gasteiger partial charge in [0.25, 0.3) is 0 Å². The highest BCUT2D eigenvalue weighted by Crippen LogP contribution is 2.13. The summed E-state index contributed by atoms with van der Waals surface area (Å²) in [6.07, 6.45) is 9.82. The van der Waals surface area contributed by atoms with E-state index in [0.717, 1.165) is 26.4 Å². The summed E-state index contributed by atoms with van der Waals surface area (Å²) in [6, 6.07) is 0. The Morgan fingerprint density at radius 3 is 1.93 bits per heavy atom. The Morgan fingerprint density at radius 2 is 1.45 bits per heavy atom. The third-order valence-corrected chi connectivity index (χ3v) is 4.92. The highest BCUT2D eigenvalue weighted by Gasteiger charge is 2.34. The molecule has 0 radical (unpaired) electrons. The van der Waals surface area contributed by atoms with Crippen LogP contribution in [0.15, 0.2) is 11.6 Å². The molecule has 7 nitrogen and oxygen atoms in total. The van der Waals surface area contributed by atoms with Gasteiger partial charge in [0.1, 0.15) is 6.10 Å². The lowest BCUT2D eigenvalue weighted by Gasteiger charge is -2.24. The molecule has 3 N–H and O–H groups in total. The molecule has 0 bridgehead atoms. The molecule has 0 heterocycles. The topological polar surface area (TPSA) is 113 Å². The summed E-state index contributed by atoms with van der Waals surface area (Å²) in [6.45, 7) is 3.09. The molecule has 0 saturated carbocycles. The molecule has 0 saturated heterocycles. The van der Waals surface area contributed by atoms with Crippen LogP contribution in [0.1, 0.15) is 84.5 Å². The zero-order valence-electron chi connectivity index (χ0n) is 18.3. The van der Waals surface area contributed by atoms with E-state index in [0.29, 0.717) is 5.57 Å². The number of carbonyl (C=O) groups is 2. The van der Waals surface area contributed by atoms with E-state index in [1.807, 2.05) is 0 Å². The summed E-state index contributed by atoms with van der Waals surface area (Å²) in [4.78, 5) is 23.3. The van der Waals surface area contributed by atoms with Crippen molar-refractivity contribution >= 4 is 11.9 Å². The van der Waals surface area contributed by atoms with E-state index >= 15 is 0 Å². The fourth-order valence-electron chi connectivity index (χ4n) is 2.94. The molecular formula is C22H40O7. The summed E-state index contributed by atoms with van der Waals surface area (Å²) in [5, 5.41) is 28.8. The highest BCUT2D eigenvalue weighted by molar-refractivity contribution is 5.87. The first-order valence-corrected chi connectivity index (χ1v) is 10.8. The number of aliphatic hydroxyl groups excluding tert-OH is 3. The van der Waals surface area contributed by atoms with Crippen LogP contribution in [0.2, 0.25) is 0 Å². The molecule has 0 rings (SSSR count). The maximum absolute atomic E-state index is 12.1. The molecule has 3 atom stereocenters. The largest absolute Gasteiger partial charge is 0.467 e. The van der Waals surface area contributed by atoms with Crippen molar-refractivity contribution in [1.29, 1.82) is 0 Å². The van der Waals surface area contributed by atoms with E-state index in [9.17, 15) is 24.9 Å². The van der Waals surface area contributed by atoms with Gasteiger partial charge in [-0.15, -0.1) is 0 Å². The second kappa shape index (κ2) is 17.4. The summed E-state index contributed by atoms with van der Waals surface area (Å²) >= 11 is 0. The van der Waals surface area contributed by atoms with E-state index in [4.69, 9.17) is 4.74 Å². The summed E-state index contributed by atoms with van der Waals surface area (Å²) in [5.74, 6) is -1.77. The first-order valence-electron chi connectivity index (χ1n) is 10.8. The molecule has 0 aromatic rings. The van der Waals surface area contributed by atoms with E-state index in [-0.39, 0.29) is 0 Å². The zero-order chi connectivity index (χ0) is 22.1. The first-order chi connectivity index (χ1) is 13.9. The van der Waals surface area contributed by atoms with Crippen LogP contribution in [0.4, 0.5) is 0 Å². The predicted octanol–water partition coefficient (Wildman–Crippen LogP) is 3.04. The molecule has 170 valence electrons. The maximum atomic E-state index is 12.1. The van der Waals surface area contributed by atoms with Gasteiger partial charge in [0, 0.05) is 5.57 Å². The minimum absolute atomic E-state index is 0.360. The van der Waals surface area contributed by atoms with Gasteiger partial charge in [0.2, 0.25) is 0 Å². The minimum Gasteiger partial charge on any atom is -0.467 e. The molecule has 0 aliphatic carbocycles. The third kappa shape index (κ3) is 12.7. The van der Waals surface area contributed by atoms with Gasteiger partial charge in [0.05, 0.1) is 13.7 Å². The molecule has 0 amide bonds. The van der Waals surface area contributed by atoms with Crippen molar-refractivity contribution in [1.82, 2.24) is 0 Å². The quantitative estimate of drug-likeness (QED) is 0.190. The number of ether oxygens (including phenoxy) is 2. The Labute approximate surface area is 175 Å². The molecule has 0 aromatic heterocycles. The number of unbranched alkanes of at least 4 members (excludes halogenated alkanes) is 10. The van der Waals surface area contributed by atoms with Gasteiger partial charge in [-0.3, -0.25) is 0 Å². The molecular weight excluding hydrogens is 376 g/mol. The number of carbonyl (C=O) groups excluding carboxylic acids is 2. The number of esters is 2. The molecule has 0 aromatic carbocycles. The van der Waals surface area contributed by atoms with Crippen LogP contribution in [0.25, 0.3) is 0 Å². The van der Waals surface area contributed by atoms with Crippen molar-refractivity contribution in [3.05, 3.63) is 11.6 Å². The smallest absolute Gasteiger partial charge is 0.337 e. The summed E-state index contributed by atoms with van der Waals surface area (Å²) in [7, 11) is 1.05. The molecule has 29 heavy (non-hydrogen) atoms. The van der Waals surface area contributed by atoms with Crippen LogP contribution in [-0.4, -0.2) is 59.3 Å². The van der Waals surface area contributed by atoms with Gasteiger partial charge in [0.15, 0.2) is 12.2 Å². The van der Waals surface area contributed by atoms with Gasteiger partial charge >= 0.3 is 11.9 Å². The fourth-order valence-corrected chi connectivity index (χ4v) is 2.94. The zero-order valence-corrected chi connectivity index (χ0v) is 18.3.